The Kier molecular flexibility index (Phi) is 6.53. The molecule has 0 bridgehead atoms. The molecule has 0 spiro atoms. The third-order valence-electron chi connectivity index (χ3n) is 5.08. The fourth-order valence-corrected chi connectivity index (χ4v) is 4.94. The number of sulfonamides is 1. The van der Waals surface area contributed by atoms with Gasteiger partial charge in [0.2, 0.25) is 5.91 Å². The fourth-order valence-electron chi connectivity index (χ4n) is 3.40. The van der Waals surface area contributed by atoms with E-state index in [4.69, 9.17) is 16.3 Å². The van der Waals surface area contributed by atoms with E-state index < -0.39 is 22.5 Å². The minimum Gasteiger partial charge on any atom is -0.497 e. The summed E-state index contributed by atoms with van der Waals surface area (Å²) in [6.45, 7) is -0.414. The molecule has 0 unspecified atom stereocenters. The van der Waals surface area contributed by atoms with Gasteiger partial charge in [-0.1, -0.05) is 41.9 Å². The van der Waals surface area contributed by atoms with E-state index in [0.29, 0.717) is 22.1 Å². The van der Waals surface area contributed by atoms with Gasteiger partial charge in [0.15, 0.2) is 0 Å². The number of methoxy groups -OCH3 is 1. The maximum atomic E-state index is 13.5. The highest BCUT2D eigenvalue weighted by atomic mass is 35.5. The lowest BCUT2D eigenvalue weighted by molar-refractivity contribution is -0.114. The van der Waals surface area contributed by atoms with Crippen molar-refractivity contribution in [2.24, 2.45) is 0 Å². The summed E-state index contributed by atoms with van der Waals surface area (Å²) in [4.78, 5) is 13.0. The van der Waals surface area contributed by atoms with Crippen molar-refractivity contribution in [2.45, 2.75) is 4.90 Å². The zero-order valence-corrected chi connectivity index (χ0v) is 19.3. The quantitative estimate of drug-likeness (QED) is 0.387. The molecule has 0 aromatic heterocycles. The van der Waals surface area contributed by atoms with Crippen molar-refractivity contribution in [3.05, 3.63) is 96.0 Å². The molecule has 168 valence electrons. The van der Waals surface area contributed by atoms with Gasteiger partial charge in [0.1, 0.15) is 12.3 Å². The number of hydrogen-bond donors (Lipinski definition) is 1. The molecule has 0 aliphatic heterocycles. The van der Waals surface area contributed by atoms with Gasteiger partial charge in [-0.05, 0) is 71.4 Å². The molecule has 1 amide bonds. The highest BCUT2D eigenvalue weighted by Gasteiger charge is 2.27. The first-order valence-electron chi connectivity index (χ1n) is 10.1. The van der Waals surface area contributed by atoms with Crippen molar-refractivity contribution >= 4 is 49.7 Å². The maximum Gasteiger partial charge on any atom is 0.264 e. The molecular weight excluding hydrogens is 460 g/mol. The molecule has 0 aliphatic carbocycles. The number of halogens is 1. The normalized spacial score (nSPS) is 11.2. The lowest BCUT2D eigenvalue weighted by atomic mass is 10.1. The number of fused-ring (bicyclic) bond motifs is 1. The Morgan fingerprint density at radius 1 is 0.909 bits per heavy atom. The van der Waals surface area contributed by atoms with E-state index in [2.05, 4.69) is 5.32 Å². The number of benzene rings is 4. The van der Waals surface area contributed by atoms with Crippen molar-refractivity contribution in [1.82, 2.24) is 0 Å². The van der Waals surface area contributed by atoms with Gasteiger partial charge in [0, 0.05) is 10.7 Å². The Bertz CT molecular complexity index is 1390. The van der Waals surface area contributed by atoms with Crippen LogP contribution in [0.2, 0.25) is 5.02 Å². The smallest absolute Gasteiger partial charge is 0.264 e. The van der Waals surface area contributed by atoms with Crippen molar-refractivity contribution in [3.8, 4) is 5.75 Å². The topological polar surface area (TPSA) is 75.7 Å². The summed E-state index contributed by atoms with van der Waals surface area (Å²) in [7, 11) is -2.54. The van der Waals surface area contributed by atoms with Crippen LogP contribution in [0.15, 0.2) is 95.9 Å². The third kappa shape index (κ3) is 5.10. The lowest BCUT2D eigenvalue weighted by Crippen LogP contribution is -2.38. The third-order valence-corrected chi connectivity index (χ3v) is 7.12. The van der Waals surface area contributed by atoms with E-state index in [1.165, 1.54) is 19.2 Å². The largest absolute Gasteiger partial charge is 0.497 e. The molecular formula is C25H21ClN2O4S. The zero-order valence-electron chi connectivity index (χ0n) is 17.7. The number of carbonyl (C=O) groups is 1. The van der Waals surface area contributed by atoms with Crippen LogP contribution >= 0.6 is 11.6 Å². The van der Waals surface area contributed by atoms with Crippen LogP contribution in [-0.4, -0.2) is 28.0 Å². The SMILES string of the molecule is COc1ccc(S(=O)(=O)N(CC(=O)Nc2ccc3ccccc3c2)c2ccc(Cl)cc2)cc1. The molecule has 0 atom stereocenters. The molecule has 0 radical (unpaired) electrons. The van der Waals surface area contributed by atoms with Crippen molar-refractivity contribution < 1.29 is 17.9 Å². The first kappa shape index (κ1) is 22.6. The Morgan fingerprint density at radius 3 is 2.24 bits per heavy atom. The molecule has 0 fully saturated rings. The predicted octanol–water partition coefficient (Wildman–Crippen LogP) is 5.34. The highest BCUT2D eigenvalue weighted by molar-refractivity contribution is 7.92. The predicted molar refractivity (Wildman–Crippen MR) is 132 cm³/mol. The second-order valence-electron chi connectivity index (χ2n) is 7.27. The van der Waals surface area contributed by atoms with Crippen LogP contribution in [0.1, 0.15) is 0 Å². The summed E-state index contributed by atoms with van der Waals surface area (Å²) in [5.74, 6) is 0.0540. The van der Waals surface area contributed by atoms with Gasteiger partial charge in [-0.25, -0.2) is 8.42 Å². The van der Waals surface area contributed by atoms with Crippen molar-refractivity contribution in [1.29, 1.82) is 0 Å². The first-order chi connectivity index (χ1) is 15.9. The molecule has 0 heterocycles. The number of nitrogens with zero attached hydrogens (tertiary/aromatic N) is 1. The average Bonchev–Trinajstić information content (AvgIpc) is 2.83. The number of anilines is 2. The lowest BCUT2D eigenvalue weighted by Gasteiger charge is -2.24. The summed E-state index contributed by atoms with van der Waals surface area (Å²) in [6.07, 6.45) is 0. The Balaban J connectivity index is 1.63. The van der Waals surface area contributed by atoms with Crippen LogP contribution in [0.25, 0.3) is 10.8 Å². The van der Waals surface area contributed by atoms with Crippen molar-refractivity contribution in [2.75, 3.05) is 23.3 Å². The van der Waals surface area contributed by atoms with Crippen LogP contribution in [-0.2, 0) is 14.8 Å². The van der Waals surface area contributed by atoms with Gasteiger partial charge in [0.25, 0.3) is 10.0 Å². The van der Waals surface area contributed by atoms with Gasteiger partial charge >= 0.3 is 0 Å². The van der Waals surface area contributed by atoms with E-state index in [9.17, 15) is 13.2 Å². The standard InChI is InChI=1S/C25H21ClN2O4S/c1-32-23-12-14-24(15-13-23)33(30,31)28(22-10-7-20(26)8-11-22)17-25(29)27-21-9-6-18-4-2-3-5-19(18)16-21/h2-16H,17H2,1H3,(H,27,29). The van der Waals surface area contributed by atoms with E-state index in [1.54, 1.807) is 42.5 Å². The van der Waals surface area contributed by atoms with E-state index in [-0.39, 0.29) is 4.90 Å². The van der Waals surface area contributed by atoms with Crippen LogP contribution in [0, 0.1) is 0 Å². The van der Waals surface area contributed by atoms with Gasteiger partial charge in [-0.3, -0.25) is 9.10 Å². The van der Waals surface area contributed by atoms with E-state index in [0.717, 1.165) is 15.1 Å². The first-order valence-corrected chi connectivity index (χ1v) is 11.9. The van der Waals surface area contributed by atoms with Gasteiger partial charge in [0.05, 0.1) is 17.7 Å². The Morgan fingerprint density at radius 2 is 1.58 bits per heavy atom. The molecule has 6 nitrogen and oxygen atoms in total. The number of ether oxygens (including phenoxy) is 1. The monoisotopic (exact) mass is 480 g/mol. The molecule has 4 aromatic carbocycles. The Hall–Kier alpha value is -3.55. The van der Waals surface area contributed by atoms with Crippen LogP contribution in [0.5, 0.6) is 5.75 Å². The molecule has 0 aliphatic rings. The van der Waals surface area contributed by atoms with Gasteiger partial charge in [-0.15, -0.1) is 0 Å². The number of hydrogen-bond acceptors (Lipinski definition) is 4. The summed E-state index contributed by atoms with van der Waals surface area (Å²) in [6, 6.07) is 25.6. The summed E-state index contributed by atoms with van der Waals surface area (Å²) < 4.78 is 33.1. The van der Waals surface area contributed by atoms with Crippen LogP contribution < -0.4 is 14.4 Å². The van der Waals surface area contributed by atoms with Crippen LogP contribution in [0.4, 0.5) is 11.4 Å². The van der Waals surface area contributed by atoms with E-state index >= 15 is 0 Å². The van der Waals surface area contributed by atoms with Gasteiger partial charge in [-0.2, -0.15) is 0 Å². The zero-order chi connectivity index (χ0) is 23.4. The molecule has 0 saturated heterocycles. The molecule has 33 heavy (non-hydrogen) atoms. The molecule has 4 rings (SSSR count). The molecule has 0 saturated carbocycles. The summed E-state index contributed by atoms with van der Waals surface area (Å²) >= 11 is 5.98. The fraction of sp³-hybridized carbons (Fsp3) is 0.0800. The number of rotatable bonds is 7. The number of carbonyl (C=O) groups excluding carboxylic acids is 1. The minimum absolute atomic E-state index is 0.0387. The van der Waals surface area contributed by atoms with Crippen molar-refractivity contribution in [3.63, 3.8) is 0 Å². The maximum absolute atomic E-state index is 13.5. The highest BCUT2D eigenvalue weighted by Crippen LogP contribution is 2.27. The second-order valence-corrected chi connectivity index (χ2v) is 9.57. The van der Waals surface area contributed by atoms with E-state index in [1.807, 2.05) is 36.4 Å². The van der Waals surface area contributed by atoms with Crippen LogP contribution in [0.3, 0.4) is 0 Å². The number of amides is 1. The summed E-state index contributed by atoms with van der Waals surface area (Å²) in [5, 5.41) is 5.27. The Labute approximate surface area is 197 Å². The minimum atomic E-state index is -4.04. The molecule has 8 heteroatoms. The molecule has 4 aromatic rings. The second kappa shape index (κ2) is 9.52. The van der Waals surface area contributed by atoms with Gasteiger partial charge < -0.3 is 10.1 Å². The molecule has 1 N–H and O–H groups in total. The summed E-state index contributed by atoms with van der Waals surface area (Å²) in [5.41, 5.74) is 0.903. The average molecular weight is 481 g/mol. The number of nitrogens with one attached hydrogen (secondary N) is 1.